The predicted octanol–water partition coefficient (Wildman–Crippen LogP) is 3.10. The molecule has 0 heterocycles. The Balaban J connectivity index is 1.59. The van der Waals surface area contributed by atoms with Gasteiger partial charge in [0.2, 0.25) is 6.23 Å². The van der Waals surface area contributed by atoms with Gasteiger partial charge in [-0.1, -0.05) is 91.0 Å². The zero-order chi connectivity index (χ0) is 24.2. The molecule has 8 heteroatoms. The fourth-order valence-corrected chi connectivity index (χ4v) is 2.97. The fourth-order valence-electron chi connectivity index (χ4n) is 2.97. The highest BCUT2D eigenvalue weighted by molar-refractivity contribution is 5.91. The van der Waals surface area contributed by atoms with Crippen molar-refractivity contribution in [3.8, 4) is 0 Å². The molecule has 8 nitrogen and oxygen atoms in total. The van der Waals surface area contributed by atoms with Crippen LogP contribution in [0.25, 0.3) is 0 Å². The molecule has 0 aliphatic heterocycles. The van der Waals surface area contributed by atoms with Crippen LogP contribution in [0.1, 0.15) is 16.7 Å². The van der Waals surface area contributed by atoms with E-state index in [-0.39, 0.29) is 19.6 Å². The van der Waals surface area contributed by atoms with Crippen LogP contribution in [0, 0.1) is 0 Å². The Morgan fingerprint density at radius 1 is 0.706 bits per heavy atom. The Labute approximate surface area is 197 Å². The van der Waals surface area contributed by atoms with Crippen LogP contribution in [0.3, 0.4) is 0 Å². The number of carbonyl (C=O) groups excluding carboxylic acids is 3. The number of amides is 1. The summed E-state index contributed by atoms with van der Waals surface area (Å²) in [7, 11) is 0. The van der Waals surface area contributed by atoms with Gasteiger partial charge in [-0.05, 0) is 23.1 Å². The number of esters is 2. The lowest BCUT2D eigenvalue weighted by atomic mass is 10.1. The summed E-state index contributed by atoms with van der Waals surface area (Å²) >= 11 is 0. The smallest absolute Gasteiger partial charge is 0.409 e. The molecule has 0 radical (unpaired) electrons. The molecule has 0 aliphatic rings. The van der Waals surface area contributed by atoms with Gasteiger partial charge >= 0.3 is 18.0 Å². The fraction of sp³-hybridized carbons (Fsp3) is 0.192. The molecule has 3 rings (SSSR count). The van der Waals surface area contributed by atoms with E-state index in [9.17, 15) is 14.4 Å². The molecule has 0 saturated carbocycles. The minimum absolute atomic E-state index is 0.00595. The summed E-state index contributed by atoms with van der Waals surface area (Å²) in [5.74, 6) is -2.03. The maximum absolute atomic E-state index is 12.6. The summed E-state index contributed by atoms with van der Waals surface area (Å²) in [6.07, 6.45) is -2.29. The number of nitrogens with two attached hydrogens (primary N) is 1. The predicted molar refractivity (Wildman–Crippen MR) is 124 cm³/mol. The highest BCUT2D eigenvalue weighted by atomic mass is 16.6. The highest BCUT2D eigenvalue weighted by Crippen LogP contribution is 2.07. The third-order valence-corrected chi connectivity index (χ3v) is 4.74. The Hall–Kier alpha value is -4.01. The van der Waals surface area contributed by atoms with E-state index in [1.54, 1.807) is 36.4 Å². The van der Waals surface area contributed by atoms with Gasteiger partial charge in [-0.3, -0.25) is 5.32 Å². The first-order valence-corrected chi connectivity index (χ1v) is 10.7. The monoisotopic (exact) mass is 462 g/mol. The number of alkyl carbamates (subject to hydrolysis) is 1. The van der Waals surface area contributed by atoms with Gasteiger partial charge < -0.3 is 19.9 Å². The van der Waals surface area contributed by atoms with E-state index >= 15 is 0 Å². The van der Waals surface area contributed by atoms with Crippen LogP contribution in [0.15, 0.2) is 91.0 Å². The Kier molecular flexibility index (Phi) is 9.33. The van der Waals surface area contributed by atoms with E-state index in [1.807, 2.05) is 54.6 Å². The maximum atomic E-state index is 12.6. The van der Waals surface area contributed by atoms with Crippen molar-refractivity contribution < 1.29 is 28.6 Å². The van der Waals surface area contributed by atoms with Crippen molar-refractivity contribution in [2.75, 3.05) is 0 Å². The van der Waals surface area contributed by atoms with E-state index in [0.717, 1.165) is 16.7 Å². The van der Waals surface area contributed by atoms with Crippen molar-refractivity contribution in [2.24, 2.45) is 5.73 Å². The van der Waals surface area contributed by atoms with E-state index in [1.165, 1.54) is 0 Å². The molecule has 0 saturated heterocycles. The molecule has 0 spiro atoms. The second-order valence-corrected chi connectivity index (χ2v) is 7.42. The largest absolute Gasteiger partial charge is 0.445 e. The van der Waals surface area contributed by atoms with Crippen LogP contribution < -0.4 is 11.1 Å². The molecule has 3 aromatic rings. The number of carbonyl (C=O) groups is 3. The first-order valence-electron chi connectivity index (χ1n) is 10.7. The summed E-state index contributed by atoms with van der Waals surface area (Å²) in [5.41, 5.74) is 8.24. The lowest BCUT2D eigenvalue weighted by Crippen LogP contribution is -2.46. The second-order valence-electron chi connectivity index (χ2n) is 7.42. The van der Waals surface area contributed by atoms with Gasteiger partial charge in [0.05, 0.1) is 6.61 Å². The first kappa shape index (κ1) is 24.6. The molecule has 0 fully saturated rings. The summed E-state index contributed by atoms with van der Waals surface area (Å²) in [5, 5.41) is 2.30. The van der Waals surface area contributed by atoms with Gasteiger partial charge in [0, 0.05) is 0 Å². The van der Waals surface area contributed by atoms with Gasteiger partial charge in [0.1, 0.15) is 12.6 Å². The first-order chi connectivity index (χ1) is 16.5. The van der Waals surface area contributed by atoms with Gasteiger partial charge in [-0.2, -0.15) is 0 Å². The number of nitrogens with one attached hydrogen (secondary N) is 1. The van der Waals surface area contributed by atoms with Crippen molar-refractivity contribution in [2.45, 2.75) is 31.9 Å². The number of ether oxygens (including phenoxy) is 3. The minimum atomic E-state index is -1.57. The third kappa shape index (κ3) is 8.16. The zero-order valence-corrected chi connectivity index (χ0v) is 18.5. The Bertz CT molecular complexity index is 1060. The van der Waals surface area contributed by atoms with E-state index in [2.05, 4.69) is 5.32 Å². The van der Waals surface area contributed by atoms with Crippen molar-refractivity contribution in [3.05, 3.63) is 108 Å². The molecular weight excluding hydrogens is 436 g/mol. The lowest BCUT2D eigenvalue weighted by molar-refractivity contribution is -0.171. The Morgan fingerprint density at radius 3 is 1.76 bits per heavy atom. The molecule has 0 aliphatic carbocycles. The van der Waals surface area contributed by atoms with Gasteiger partial charge in [-0.15, -0.1) is 0 Å². The summed E-state index contributed by atoms with van der Waals surface area (Å²) in [4.78, 5) is 37.3. The molecule has 3 N–H and O–H groups in total. The number of hydrogen-bond acceptors (Lipinski definition) is 7. The lowest BCUT2D eigenvalue weighted by Gasteiger charge is -2.19. The van der Waals surface area contributed by atoms with Crippen LogP contribution >= 0.6 is 0 Å². The van der Waals surface area contributed by atoms with Crippen LogP contribution in [-0.4, -0.2) is 30.3 Å². The second kappa shape index (κ2) is 12.9. The summed E-state index contributed by atoms with van der Waals surface area (Å²) in [6, 6.07) is 26.1. The van der Waals surface area contributed by atoms with Gasteiger partial charge in [-0.25, -0.2) is 14.4 Å². The Morgan fingerprint density at radius 2 is 1.21 bits per heavy atom. The van der Waals surface area contributed by atoms with Crippen molar-refractivity contribution in [1.82, 2.24) is 5.32 Å². The normalized spacial score (nSPS) is 12.3. The molecule has 34 heavy (non-hydrogen) atoms. The van der Waals surface area contributed by atoms with Crippen LogP contribution in [-0.2, 0) is 43.4 Å². The SMILES string of the molecule is N[C@@H](Cc1ccccc1)C(=O)OC(=O)C(NC(=O)OCc1ccccc1)OCc1ccccc1. The van der Waals surface area contributed by atoms with Crippen molar-refractivity contribution in [3.63, 3.8) is 0 Å². The molecule has 2 atom stereocenters. The van der Waals surface area contributed by atoms with Gasteiger partial charge in [0.15, 0.2) is 0 Å². The maximum Gasteiger partial charge on any atom is 0.409 e. The molecule has 1 unspecified atom stereocenters. The van der Waals surface area contributed by atoms with Crippen LogP contribution in [0.2, 0.25) is 0 Å². The quantitative estimate of drug-likeness (QED) is 0.270. The van der Waals surface area contributed by atoms with Crippen molar-refractivity contribution >= 4 is 18.0 Å². The third-order valence-electron chi connectivity index (χ3n) is 4.74. The molecule has 1 amide bonds. The molecule has 0 bridgehead atoms. The molecule has 176 valence electrons. The van der Waals surface area contributed by atoms with E-state index in [0.29, 0.717) is 0 Å². The standard InChI is InChI=1S/C26H26N2O6/c27-22(16-19-10-4-1-5-11-19)24(29)34-25(30)23(32-17-20-12-6-2-7-13-20)28-26(31)33-18-21-14-8-3-9-15-21/h1-15,22-23H,16-18,27H2,(H,28,31)/t22-,23?/m0/s1. The summed E-state index contributed by atoms with van der Waals surface area (Å²) in [6.45, 7) is -0.0160. The molecule has 3 aromatic carbocycles. The topological polar surface area (TPSA) is 117 Å². The van der Waals surface area contributed by atoms with Crippen LogP contribution in [0.5, 0.6) is 0 Å². The number of rotatable bonds is 10. The van der Waals surface area contributed by atoms with E-state index in [4.69, 9.17) is 19.9 Å². The average molecular weight is 463 g/mol. The van der Waals surface area contributed by atoms with E-state index < -0.39 is 30.3 Å². The summed E-state index contributed by atoms with van der Waals surface area (Å²) < 4.78 is 15.6. The zero-order valence-electron chi connectivity index (χ0n) is 18.5. The van der Waals surface area contributed by atoms with Gasteiger partial charge in [0.25, 0.3) is 0 Å². The number of hydrogen-bond donors (Lipinski definition) is 2. The number of benzene rings is 3. The molecular formula is C26H26N2O6. The van der Waals surface area contributed by atoms with Crippen molar-refractivity contribution in [1.29, 1.82) is 0 Å². The highest BCUT2D eigenvalue weighted by Gasteiger charge is 2.28. The minimum Gasteiger partial charge on any atom is -0.445 e. The molecule has 0 aromatic heterocycles. The van der Waals surface area contributed by atoms with Crippen LogP contribution in [0.4, 0.5) is 4.79 Å². The average Bonchev–Trinajstić information content (AvgIpc) is 2.87.